The molecule has 16 nitrogen and oxygen atoms in total. The molecule has 0 spiro atoms. The number of rotatable bonds is 56. The Kier molecular flexibility index (Phi) is 71.3. The first-order valence-corrected chi connectivity index (χ1v) is 40.2. The maximum Gasteiger partial charge on any atom is 4.00 e. The zero-order valence-electron chi connectivity index (χ0n) is 57.6. The Morgan fingerprint density at radius 1 is 0.224 bits per heavy atom. The molecule has 0 fully saturated rings. The van der Waals surface area contributed by atoms with Gasteiger partial charge in [0.05, 0.1) is 52.9 Å². The first kappa shape index (κ1) is 94.8. The van der Waals surface area contributed by atoms with E-state index in [2.05, 4.69) is 111 Å². The molecule has 0 N–H and O–H groups in total. The molecule has 8 atom stereocenters. The summed E-state index contributed by atoms with van der Waals surface area (Å²) >= 11 is 0. The van der Waals surface area contributed by atoms with E-state index in [4.69, 9.17) is 36.2 Å². The predicted molar refractivity (Wildman–Crippen MR) is 344 cm³/mol. The molecule has 0 aliphatic carbocycles. The van der Waals surface area contributed by atoms with E-state index < -0.39 is 31.3 Å². The summed E-state index contributed by atoms with van der Waals surface area (Å²) in [5.74, 6) is 2.43. The van der Waals surface area contributed by atoms with Gasteiger partial charge >= 0.3 is 21.1 Å². The van der Waals surface area contributed by atoms with Gasteiger partial charge in [-0.25, -0.2) is 0 Å². The van der Waals surface area contributed by atoms with Crippen LogP contribution in [0.5, 0.6) is 0 Å². The van der Waals surface area contributed by atoms with E-state index in [-0.39, 0.29) is 73.9 Å². The van der Waals surface area contributed by atoms with E-state index in [1.54, 1.807) is 0 Å². The van der Waals surface area contributed by atoms with E-state index in [0.717, 1.165) is 205 Å². The molecule has 0 aromatic carbocycles. The van der Waals surface area contributed by atoms with Crippen LogP contribution in [0.1, 0.15) is 316 Å². The molecule has 0 aromatic rings. The van der Waals surface area contributed by atoms with Crippen molar-refractivity contribution in [3.63, 3.8) is 0 Å². The second kappa shape index (κ2) is 63.9. The number of unbranched alkanes of at least 4 members (excludes halogenated alkanes) is 8. The fraction of sp³-hybridized carbons (Fsp3) is 1.00. The number of hydrogen-bond acceptors (Lipinski definition) is 16. The van der Waals surface area contributed by atoms with Gasteiger partial charge in [0.25, 0.3) is 31.3 Å². The minimum Gasteiger partial charge on any atom is -0.756 e. The van der Waals surface area contributed by atoms with Crippen LogP contribution in [0, 0.1) is 47.3 Å². The Morgan fingerprint density at radius 2 is 0.318 bits per heavy atom. The third-order valence-electron chi connectivity index (χ3n) is 16.1. The van der Waals surface area contributed by atoms with E-state index in [9.17, 15) is 37.8 Å². The van der Waals surface area contributed by atoms with E-state index in [0.29, 0.717) is 47.3 Å². The van der Waals surface area contributed by atoms with Crippen LogP contribution in [0.4, 0.5) is 0 Å². The molecule has 0 aromatic heterocycles. The van der Waals surface area contributed by atoms with Gasteiger partial charge in [0.2, 0.25) is 0 Å². The average molecular weight is 1380 g/mol. The molecule has 0 saturated carbocycles. The summed E-state index contributed by atoms with van der Waals surface area (Å²) < 4.78 is 87.7. The predicted octanol–water partition coefficient (Wildman–Crippen LogP) is 19.7. The molecule has 0 bridgehead atoms. The van der Waals surface area contributed by atoms with Gasteiger partial charge in [0.1, 0.15) is 0 Å². The van der Waals surface area contributed by atoms with Crippen LogP contribution >= 0.6 is 31.3 Å². The summed E-state index contributed by atoms with van der Waals surface area (Å²) in [4.78, 5) is 47.2. The molecule has 8 unspecified atom stereocenters. The summed E-state index contributed by atoms with van der Waals surface area (Å²) in [7, 11) is -16.6. The van der Waals surface area contributed by atoms with Gasteiger partial charge in [-0.05, 0) is 98.7 Å². The Bertz CT molecular complexity index is 1270. The third-order valence-corrected chi connectivity index (χ3v) is 19.8. The van der Waals surface area contributed by atoms with Gasteiger partial charge in [-0.3, -0.25) is 18.3 Å². The minimum absolute atomic E-state index is 0. The topological polar surface area (TPSA) is 234 Å². The van der Waals surface area contributed by atoms with Crippen molar-refractivity contribution in [3.8, 4) is 0 Å². The van der Waals surface area contributed by atoms with Crippen LogP contribution in [-0.2, 0) is 75.5 Å². The van der Waals surface area contributed by atoms with Crippen molar-refractivity contribution in [2.45, 2.75) is 316 Å². The normalized spacial score (nSPS) is 17.2. The molecule has 0 rings (SSSR count). The Hall–Kier alpha value is 1.13. The minimum atomic E-state index is -4.14. The van der Waals surface area contributed by atoms with Crippen molar-refractivity contribution in [1.29, 1.82) is 0 Å². The second-order valence-corrected chi connectivity index (χ2v) is 29.1. The van der Waals surface area contributed by atoms with Crippen LogP contribution in [0.3, 0.4) is 0 Å². The average Bonchev–Trinajstić information content (AvgIpc) is 3.55. The molecule has 0 radical (unpaired) electrons. The standard InChI is InChI=1S/4C16H35O4P.Mo/c4*1-5-9-11-15(7-3)13-19-21(17,18)20-14-16(8-4)12-10-6-2;/h4*15-16H,5-14H2,1-4H3,(H,17,18);/q;;;;+4/p-4. The largest absolute Gasteiger partial charge is 4.00 e. The first-order chi connectivity index (χ1) is 39.9. The number of hydrogen-bond donors (Lipinski definition) is 0. The molecular formula is C64H136MoO16P4. The van der Waals surface area contributed by atoms with Crippen LogP contribution in [0.25, 0.3) is 0 Å². The van der Waals surface area contributed by atoms with Gasteiger partial charge in [0, 0.05) is 0 Å². The van der Waals surface area contributed by atoms with Crippen molar-refractivity contribution in [2.75, 3.05) is 52.9 Å². The SMILES string of the molecule is CCCCC(CC)COP(=O)([O-])OCC(CC)CCCC.CCCCC(CC)COP(=O)([O-])OCC(CC)CCCC.CCCCC(CC)COP(=O)([O-])OCC(CC)CCCC.CCCCC(CC)COP(=O)([O-])OCC(CC)CCCC.[Mo+4]. The zero-order chi connectivity index (χ0) is 64.6. The first-order valence-electron chi connectivity index (χ1n) is 34.3. The van der Waals surface area contributed by atoms with Gasteiger partial charge in [-0.1, -0.05) is 265 Å². The molecule has 0 heterocycles. The fourth-order valence-corrected chi connectivity index (χ4v) is 12.4. The van der Waals surface area contributed by atoms with Gasteiger partial charge < -0.3 is 55.8 Å². The van der Waals surface area contributed by atoms with Crippen LogP contribution in [0.15, 0.2) is 0 Å². The van der Waals surface area contributed by atoms with Crippen molar-refractivity contribution >= 4 is 31.3 Å². The maximum absolute atomic E-state index is 11.8. The Labute approximate surface area is 539 Å². The number of phosphoric acid groups is 4. The molecule has 514 valence electrons. The van der Waals surface area contributed by atoms with E-state index >= 15 is 0 Å². The molecule has 0 amide bonds. The molecule has 21 heteroatoms. The summed E-state index contributed by atoms with van der Waals surface area (Å²) in [5, 5.41) is 0. The Morgan fingerprint density at radius 3 is 0.388 bits per heavy atom. The van der Waals surface area contributed by atoms with Crippen molar-refractivity contribution < 1.29 is 95.1 Å². The summed E-state index contributed by atoms with van der Waals surface area (Å²) in [6.07, 6.45) is 33.5. The maximum atomic E-state index is 11.8. The molecule has 85 heavy (non-hydrogen) atoms. The van der Waals surface area contributed by atoms with E-state index in [1.165, 1.54) is 0 Å². The van der Waals surface area contributed by atoms with Crippen molar-refractivity contribution in [1.82, 2.24) is 0 Å². The second-order valence-electron chi connectivity index (χ2n) is 23.5. The third kappa shape index (κ3) is 62.4. The molecule has 0 aliphatic heterocycles. The summed E-state index contributed by atoms with van der Waals surface area (Å²) in [5.41, 5.74) is 0. The van der Waals surface area contributed by atoms with Gasteiger partial charge in [-0.2, -0.15) is 0 Å². The Balaban J connectivity index is -0.000000333. The fourth-order valence-electron chi connectivity index (χ4n) is 8.91. The smallest absolute Gasteiger partial charge is 0.756 e. The number of phosphoric ester groups is 4. The zero-order valence-corrected chi connectivity index (χ0v) is 63.2. The van der Waals surface area contributed by atoms with Gasteiger partial charge in [-0.15, -0.1) is 0 Å². The summed E-state index contributed by atoms with van der Waals surface area (Å²) in [6.45, 7) is 35.6. The molecular weight excluding hydrogens is 1240 g/mol. The summed E-state index contributed by atoms with van der Waals surface area (Å²) in [6, 6.07) is 0. The molecule has 0 aliphatic rings. The van der Waals surface area contributed by atoms with Gasteiger partial charge in [0.15, 0.2) is 0 Å². The quantitative estimate of drug-likeness (QED) is 0.0407. The molecule has 0 saturated heterocycles. The van der Waals surface area contributed by atoms with Crippen LogP contribution < -0.4 is 19.6 Å². The monoisotopic (exact) mass is 1380 g/mol. The van der Waals surface area contributed by atoms with Crippen LogP contribution in [-0.4, -0.2) is 52.9 Å². The van der Waals surface area contributed by atoms with Crippen LogP contribution in [0.2, 0.25) is 0 Å². The van der Waals surface area contributed by atoms with Crippen molar-refractivity contribution in [3.05, 3.63) is 0 Å². The van der Waals surface area contributed by atoms with E-state index in [1.807, 2.05) is 0 Å². The van der Waals surface area contributed by atoms with Crippen molar-refractivity contribution in [2.24, 2.45) is 47.3 Å².